The number of carboxylic acids is 1. The molecule has 2 aromatic rings. The fourth-order valence-corrected chi connectivity index (χ4v) is 2.33. The first-order valence-electron chi connectivity index (χ1n) is 7.18. The molecular weight excluding hydrogens is 303 g/mol. The zero-order chi connectivity index (χ0) is 16.6. The van der Waals surface area contributed by atoms with E-state index in [-0.39, 0.29) is 24.2 Å². The van der Waals surface area contributed by atoms with E-state index >= 15 is 0 Å². The first kappa shape index (κ1) is 15.1. The average molecular weight is 318 g/mol. The quantitative estimate of drug-likeness (QED) is 0.900. The van der Waals surface area contributed by atoms with Gasteiger partial charge in [-0.25, -0.2) is 14.1 Å². The van der Waals surface area contributed by atoms with Gasteiger partial charge < -0.3 is 10.0 Å². The number of aryl methyl sites for hydroxylation is 1. The van der Waals surface area contributed by atoms with Crippen molar-refractivity contribution in [3.05, 3.63) is 41.7 Å². The van der Waals surface area contributed by atoms with Gasteiger partial charge in [-0.3, -0.25) is 9.59 Å². The number of amides is 1. The molecule has 0 atom stereocenters. The van der Waals surface area contributed by atoms with Crippen LogP contribution in [0.15, 0.2) is 24.3 Å². The molecule has 0 radical (unpaired) electrons. The Morgan fingerprint density at radius 2 is 2.00 bits per heavy atom. The lowest BCUT2D eigenvalue weighted by Crippen LogP contribution is -2.38. The molecule has 0 aliphatic heterocycles. The summed E-state index contributed by atoms with van der Waals surface area (Å²) in [6, 6.07) is 5.58. The van der Waals surface area contributed by atoms with Crippen molar-refractivity contribution in [3.8, 4) is 5.69 Å². The summed E-state index contributed by atoms with van der Waals surface area (Å²) in [5, 5.41) is 13.1. The number of rotatable bonds is 5. The van der Waals surface area contributed by atoms with Gasteiger partial charge in [-0.1, -0.05) is 0 Å². The Morgan fingerprint density at radius 3 is 2.57 bits per heavy atom. The second-order valence-electron chi connectivity index (χ2n) is 5.43. The van der Waals surface area contributed by atoms with Gasteiger partial charge in [0.1, 0.15) is 18.2 Å². The van der Waals surface area contributed by atoms with Crippen LogP contribution in [0.3, 0.4) is 0 Å². The largest absolute Gasteiger partial charge is 0.480 e. The summed E-state index contributed by atoms with van der Waals surface area (Å²) in [5.74, 6) is -1.53. The molecule has 0 saturated heterocycles. The SMILES string of the molecule is Cc1nc(C(=O)N(CC(=O)O)C2CC2)nn1-c1ccc(F)cc1. The lowest BCUT2D eigenvalue weighted by atomic mass is 10.3. The second kappa shape index (κ2) is 5.79. The predicted octanol–water partition coefficient (Wildman–Crippen LogP) is 1.40. The maximum absolute atomic E-state index is 13.0. The van der Waals surface area contributed by atoms with E-state index in [4.69, 9.17) is 5.11 Å². The third-order valence-corrected chi connectivity index (χ3v) is 3.59. The summed E-state index contributed by atoms with van der Waals surface area (Å²) in [6.45, 7) is 1.30. The van der Waals surface area contributed by atoms with E-state index in [2.05, 4.69) is 10.1 Å². The molecule has 23 heavy (non-hydrogen) atoms. The van der Waals surface area contributed by atoms with Crippen LogP contribution in [-0.2, 0) is 4.79 Å². The van der Waals surface area contributed by atoms with E-state index in [1.807, 2.05) is 0 Å². The molecule has 1 heterocycles. The van der Waals surface area contributed by atoms with E-state index < -0.39 is 11.9 Å². The van der Waals surface area contributed by atoms with Gasteiger partial charge in [0, 0.05) is 6.04 Å². The van der Waals surface area contributed by atoms with Crippen LogP contribution in [0.5, 0.6) is 0 Å². The Hall–Kier alpha value is -2.77. The molecule has 1 N–H and O–H groups in total. The highest BCUT2D eigenvalue weighted by atomic mass is 19.1. The van der Waals surface area contributed by atoms with Crippen LogP contribution in [0, 0.1) is 12.7 Å². The van der Waals surface area contributed by atoms with E-state index in [0.29, 0.717) is 11.5 Å². The highest BCUT2D eigenvalue weighted by molar-refractivity contribution is 5.93. The first-order chi connectivity index (χ1) is 11.0. The fraction of sp³-hybridized carbons (Fsp3) is 0.333. The van der Waals surface area contributed by atoms with Crippen molar-refractivity contribution in [1.82, 2.24) is 19.7 Å². The number of hydrogen-bond acceptors (Lipinski definition) is 4. The number of hydrogen-bond donors (Lipinski definition) is 1. The van der Waals surface area contributed by atoms with Crippen LogP contribution in [0.25, 0.3) is 5.69 Å². The topological polar surface area (TPSA) is 88.3 Å². The number of carbonyl (C=O) groups is 2. The van der Waals surface area contributed by atoms with Crippen molar-refractivity contribution in [2.75, 3.05) is 6.54 Å². The normalized spacial score (nSPS) is 13.8. The lowest BCUT2D eigenvalue weighted by Gasteiger charge is -2.17. The molecule has 0 bridgehead atoms. The first-order valence-corrected chi connectivity index (χ1v) is 7.18. The summed E-state index contributed by atoms with van der Waals surface area (Å²) < 4.78 is 14.4. The minimum atomic E-state index is -1.07. The van der Waals surface area contributed by atoms with Gasteiger partial charge >= 0.3 is 5.97 Å². The third-order valence-electron chi connectivity index (χ3n) is 3.59. The minimum Gasteiger partial charge on any atom is -0.480 e. The van der Waals surface area contributed by atoms with E-state index in [1.165, 1.54) is 33.8 Å². The number of aliphatic carboxylic acids is 1. The van der Waals surface area contributed by atoms with Crippen LogP contribution in [-0.4, -0.2) is 49.2 Å². The number of nitrogens with zero attached hydrogens (tertiary/aromatic N) is 4. The Balaban J connectivity index is 1.88. The molecule has 0 spiro atoms. The molecule has 1 saturated carbocycles. The van der Waals surface area contributed by atoms with Gasteiger partial charge in [-0.15, -0.1) is 5.10 Å². The summed E-state index contributed by atoms with van der Waals surface area (Å²) >= 11 is 0. The molecular formula is C15H15FN4O3. The Morgan fingerprint density at radius 1 is 1.35 bits per heavy atom. The average Bonchev–Trinajstić information content (AvgIpc) is 3.27. The van der Waals surface area contributed by atoms with Crippen molar-refractivity contribution < 1.29 is 19.1 Å². The Bertz CT molecular complexity index is 753. The van der Waals surface area contributed by atoms with Gasteiger partial charge in [0.2, 0.25) is 5.82 Å². The van der Waals surface area contributed by atoms with Gasteiger partial charge in [0.05, 0.1) is 5.69 Å². The molecule has 1 aliphatic carbocycles. The van der Waals surface area contributed by atoms with Gasteiger partial charge in [-0.05, 0) is 44.0 Å². The van der Waals surface area contributed by atoms with Crippen molar-refractivity contribution in [3.63, 3.8) is 0 Å². The Labute approximate surface area is 131 Å². The van der Waals surface area contributed by atoms with Crippen LogP contribution < -0.4 is 0 Å². The standard InChI is InChI=1S/C15H15FN4O3/c1-9-17-14(15(23)19(8-13(21)22)11-6-7-11)18-20(9)12-4-2-10(16)3-5-12/h2-5,11H,6-8H2,1H3,(H,21,22). The fourth-order valence-electron chi connectivity index (χ4n) is 2.33. The van der Waals surface area contributed by atoms with Crippen LogP contribution >= 0.6 is 0 Å². The van der Waals surface area contributed by atoms with Crippen LogP contribution in [0.1, 0.15) is 29.3 Å². The minimum absolute atomic E-state index is 0.0556. The maximum atomic E-state index is 13.0. The second-order valence-corrected chi connectivity index (χ2v) is 5.43. The van der Waals surface area contributed by atoms with Crippen molar-refractivity contribution >= 4 is 11.9 Å². The molecule has 3 rings (SSSR count). The summed E-state index contributed by atoms with van der Waals surface area (Å²) in [6.07, 6.45) is 1.58. The van der Waals surface area contributed by atoms with Crippen molar-refractivity contribution in [2.45, 2.75) is 25.8 Å². The molecule has 1 aliphatic rings. The van der Waals surface area contributed by atoms with Crippen LogP contribution in [0.2, 0.25) is 0 Å². The highest BCUT2D eigenvalue weighted by Crippen LogP contribution is 2.27. The molecule has 1 fully saturated rings. The molecule has 1 amide bonds. The maximum Gasteiger partial charge on any atom is 0.323 e. The van der Waals surface area contributed by atoms with Crippen molar-refractivity contribution in [2.24, 2.45) is 0 Å². The van der Waals surface area contributed by atoms with Gasteiger partial charge in [0.25, 0.3) is 5.91 Å². The zero-order valence-electron chi connectivity index (χ0n) is 12.4. The summed E-state index contributed by atoms with van der Waals surface area (Å²) in [5.41, 5.74) is 0.576. The molecule has 1 aromatic carbocycles. The van der Waals surface area contributed by atoms with E-state index in [9.17, 15) is 14.0 Å². The Kier molecular flexibility index (Phi) is 3.81. The number of benzene rings is 1. The van der Waals surface area contributed by atoms with Crippen molar-refractivity contribution in [1.29, 1.82) is 0 Å². The summed E-state index contributed by atoms with van der Waals surface area (Å²) in [7, 11) is 0. The monoisotopic (exact) mass is 318 g/mol. The molecule has 120 valence electrons. The summed E-state index contributed by atoms with van der Waals surface area (Å²) in [4.78, 5) is 28.8. The lowest BCUT2D eigenvalue weighted by molar-refractivity contribution is -0.137. The molecule has 1 aromatic heterocycles. The third kappa shape index (κ3) is 3.20. The highest BCUT2D eigenvalue weighted by Gasteiger charge is 2.36. The molecule has 8 heteroatoms. The number of carboxylic acid groups (broad SMARTS) is 1. The number of halogens is 1. The molecule has 7 nitrogen and oxygen atoms in total. The number of aromatic nitrogens is 3. The zero-order valence-corrected chi connectivity index (χ0v) is 12.4. The van der Waals surface area contributed by atoms with Gasteiger partial charge in [0.15, 0.2) is 0 Å². The van der Waals surface area contributed by atoms with E-state index in [1.54, 1.807) is 6.92 Å². The predicted molar refractivity (Wildman–Crippen MR) is 77.7 cm³/mol. The van der Waals surface area contributed by atoms with E-state index in [0.717, 1.165) is 12.8 Å². The van der Waals surface area contributed by atoms with Gasteiger partial charge in [-0.2, -0.15) is 0 Å². The molecule has 0 unspecified atom stereocenters. The van der Waals surface area contributed by atoms with Crippen LogP contribution in [0.4, 0.5) is 4.39 Å². The smallest absolute Gasteiger partial charge is 0.323 e. The number of carbonyl (C=O) groups excluding carboxylic acids is 1.